The lowest BCUT2D eigenvalue weighted by atomic mass is 10.2. The van der Waals surface area contributed by atoms with E-state index in [1.54, 1.807) is 30.5 Å². The van der Waals surface area contributed by atoms with Gasteiger partial charge in [-0.15, -0.1) is 0 Å². The van der Waals surface area contributed by atoms with E-state index in [2.05, 4.69) is 15.5 Å². The number of hydrogen-bond donors (Lipinski definition) is 2. The Balaban J connectivity index is 1.96. The van der Waals surface area contributed by atoms with E-state index in [4.69, 9.17) is 4.74 Å². The molecule has 2 N–H and O–H groups in total. The van der Waals surface area contributed by atoms with Crippen LogP contribution in [0.5, 0.6) is 5.75 Å². The van der Waals surface area contributed by atoms with Gasteiger partial charge >= 0.3 is 0 Å². The Hall–Kier alpha value is -2.56. The summed E-state index contributed by atoms with van der Waals surface area (Å²) in [5, 5.41) is 3.98. The third-order valence-corrected chi connectivity index (χ3v) is 2.99. The minimum absolute atomic E-state index is 0.251. The Morgan fingerprint density at radius 2 is 2.05 bits per heavy atom. The van der Waals surface area contributed by atoms with Crippen molar-refractivity contribution in [1.82, 2.24) is 10.4 Å². The number of aromatic amines is 1. The molecule has 21 heavy (non-hydrogen) atoms. The molecule has 1 heterocycles. The highest BCUT2D eigenvalue weighted by molar-refractivity contribution is 5.95. The van der Waals surface area contributed by atoms with Crippen LogP contribution in [-0.2, 0) is 0 Å². The number of nitrogens with one attached hydrogen (secondary N) is 2. The normalized spacial score (nSPS) is 10.8. The molecule has 110 valence electrons. The first kappa shape index (κ1) is 14.8. The van der Waals surface area contributed by atoms with E-state index in [0.717, 1.165) is 22.7 Å². The first-order valence-corrected chi connectivity index (χ1v) is 6.82. The van der Waals surface area contributed by atoms with Gasteiger partial charge < -0.3 is 9.72 Å². The quantitative estimate of drug-likeness (QED) is 0.655. The minimum atomic E-state index is -0.251. The molecule has 0 aliphatic heterocycles. The number of carbonyl (C=O) groups is 1. The molecule has 0 spiro atoms. The summed E-state index contributed by atoms with van der Waals surface area (Å²) in [6, 6.07) is 8.93. The first-order chi connectivity index (χ1) is 10.1. The number of nitrogens with zero attached hydrogens (tertiary/aromatic N) is 1. The molecule has 0 aliphatic carbocycles. The molecule has 1 aromatic heterocycles. The fourth-order valence-corrected chi connectivity index (χ4v) is 1.97. The van der Waals surface area contributed by atoms with Crippen LogP contribution >= 0.6 is 0 Å². The lowest BCUT2D eigenvalue weighted by Gasteiger charge is -2.03. The second-order valence-corrected chi connectivity index (χ2v) is 4.69. The van der Waals surface area contributed by atoms with E-state index in [1.165, 1.54) is 0 Å². The molecule has 0 bridgehead atoms. The Bertz CT molecular complexity index is 642. The van der Waals surface area contributed by atoms with Gasteiger partial charge in [0.05, 0.1) is 12.8 Å². The molecule has 0 saturated carbocycles. The number of hydrogen-bond acceptors (Lipinski definition) is 3. The zero-order valence-corrected chi connectivity index (χ0v) is 12.4. The van der Waals surface area contributed by atoms with Crippen molar-refractivity contribution in [2.45, 2.75) is 20.8 Å². The molecular formula is C16H19N3O2. The molecule has 0 saturated heterocycles. The molecule has 0 aliphatic rings. The molecule has 0 fully saturated rings. The first-order valence-electron chi connectivity index (χ1n) is 6.82. The zero-order valence-electron chi connectivity index (χ0n) is 12.4. The van der Waals surface area contributed by atoms with Crippen molar-refractivity contribution >= 4 is 12.1 Å². The van der Waals surface area contributed by atoms with Crippen LogP contribution in [0.1, 0.15) is 34.2 Å². The summed E-state index contributed by atoms with van der Waals surface area (Å²) in [7, 11) is 0. The summed E-state index contributed by atoms with van der Waals surface area (Å²) in [4.78, 5) is 15.1. The van der Waals surface area contributed by atoms with Gasteiger partial charge in [-0.2, -0.15) is 5.10 Å². The third kappa shape index (κ3) is 3.95. The number of aryl methyl sites for hydroxylation is 2. The highest BCUT2D eigenvalue weighted by Gasteiger charge is 2.04. The Morgan fingerprint density at radius 1 is 1.33 bits per heavy atom. The lowest BCUT2D eigenvalue weighted by Crippen LogP contribution is -2.17. The molecule has 1 aromatic carbocycles. The summed E-state index contributed by atoms with van der Waals surface area (Å²) in [6.07, 6.45) is 1.63. The molecule has 5 heteroatoms. The number of aromatic nitrogens is 1. The summed E-state index contributed by atoms with van der Waals surface area (Å²) >= 11 is 0. The summed E-state index contributed by atoms with van der Waals surface area (Å²) in [5.41, 5.74) is 6.09. The van der Waals surface area contributed by atoms with E-state index in [-0.39, 0.29) is 5.91 Å². The highest BCUT2D eigenvalue weighted by Crippen LogP contribution is 2.12. The van der Waals surface area contributed by atoms with Gasteiger partial charge in [-0.1, -0.05) is 0 Å². The van der Waals surface area contributed by atoms with Gasteiger partial charge in [0, 0.05) is 22.5 Å². The van der Waals surface area contributed by atoms with Crippen molar-refractivity contribution in [2.75, 3.05) is 6.61 Å². The summed E-state index contributed by atoms with van der Waals surface area (Å²) < 4.78 is 5.33. The van der Waals surface area contributed by atoms with Gasteiger partial charge in [-0.3, -0.25) is 4.79 Å². The lowest BCUT2D eigenvalue weighted by molar-refractivity contribution is 0.0955. The van der Waals surface area contributed by atoms with Gasteiger partial charge in [0.2, 0.25) is 0 Å². The average molecular weight is 285 g/mol. The SMILES string of the molecule is CCOc1ccc(C(=O)NN=Cc2cc(C)[nH]c2C)cc1. The second kappa shape index (κ2) is 6.74. The topological polar surface area (TPSA) is 66.5 Å². The third-order valence-electron chi connectivity index (χ3n) is 2.99. The number of carbonyl (C=O) groups excluding carboxylic acids is 1. The monoisotopic (exact) mass is 285 g/mol. The fourth-order valence-electron chi connectivity index (χ4n) is 1.97. The fraction of sp³-hybridized carbons (Fsp3) is 0.250. The van der Waals surface area contributed by atoms with Crippen LogP contribution in [0.4, 0.5) is 0 Å². The van der Waals surface area contributed by atoms with Crippen molar-refractivity contribution < 1.29 is 9.53 Å². The van der Waals surface area contributed by atoms with Crippen LogP contribution < -0.4 is 10.2 Å². The molecule has 0 atom stereocenters. The second-order valence-electron chi connectivity index (χ2n) is 4.69. The molecule has 2 aromatic rings. The van der Waals surface area contributed by atoms with Crippen LogP contribution in [0.25, 0.3) is 0 Å². The highest BCUT2D eigenvalue weighted by atomic mass is 16.5. The number of benzene rings is 1. The summed E-state index contributed by atoms with van der Waals surface area (Å²) in [6.45, 7) is 6.46. The number of rotatable bonds is 5. The van der Waals surface area contributed by atoms with Crippen LogP contribution in [0, 0.1) is 13.8 Å². The van der Waals surface area contributed by atoms with Crippen LogP contribution in [0.2, 0.25) is 0 Å². The van der Waals surface area contributed by atoms with Gasteiger partial charge in [-0.05, 0) is 51.1 Å². The van der Waals surface area contributed by atoms with Crippen LogP contribution in [-0.4, -0.2) is 23.7 Å². The van der Waals surface area contributed by atoms with Crippen molar-refractivity contribution in [3.8, 4) is 5.75 Å². The smallest absolute Gasteiger partial charge is 0.271 e. The van der Waals surface area contributed by atoms with Crippen molar-refractivity contribution in [2.24, 2.45) is 5.10 Å². The van der Waals surface area contributed by atoms with Crippen LogP contribution in [0.3, 0.4) is 0 Å². The Morgan fingerprint density at radius 3 is 2.62 bits per heavy atom. The zero-order chi connectivity index (χ0) is 15.2. The predicted octanol–water partition coefficient (Wildman–Crippen LogP) is 2.79. The maximum atomic E-state index is 11.9. The molecule has 5 nitrogen and oxygen atoms in total. The maximum Gasteiger partial charge on any atom is 0.271 e. The number of ether oxygens (including phenoxy) is 1. The van der Waals surface area contributed by atoms with Gasteiger partial charge in [0.25, 0.3) is 5.91 Å². The number of amides is 1. The molecule has 0 unspecified atom stereocenters. The van der Waals surface area contributed by atoms with E-state index in [1.807, 2.05) is 26.8 Å². The maximum absolute atomic E-state index is 11.9. The molecular weight excluding hydrogens is 266 g/mol. The van der Waals surface area contributed by atoms with Crippen molar-refractivity contribution in [3.05, 3.63) is 52.8 Å². The molecule has 0 radical (unpaired) electrons. The largest absolute Gasteiger partial charge is 0.494 e. The number of H-pyrrole nitrogens is 1. The average Bonchev–Trinajstić information content (AvgIpc) is 2.78. The molecule has 1 amide bonds. The van der Waals surface area contributed by atoms with Gasteiger partial charge in [-0.25, -0.2) is 5.43 Å². The Kier molecular flexibility index (Phi) is 4.77. The standard InChI is InChI=1S/C16H19N3O2/c1-4-21-15-7-5-13(6-8-15)16(20)19-17-10-14-9-11(2)18-12(14)3/h5-10,18H,4H2,1-3H3,(H,19,20). The Labute approximate surface area is 124 Å². The van der Waals surface area contributed by atoms with E-state index in [0.29, 0.717) is 12.2 Å². The van der Waals surface area contributed by atoms with E-state index in [9.17, 15) is 4.79 Å². The summed E-state index contributed by atoms with van der Waals surface area (Å²) in [5.74, 6) is 0.496. The van der Waals surface area contributed by atoms with Gasteiger partial charge in [0.1, 0.15) is 5.75 Å². The van der Waals surface area contributed by atoms with Crippen molar-refractivity contribution in [1.29, 1.82) is 0 Å². The minimum Gasteiger partial charge on any atom is -0.494 e. The predicted molar refractivity (Wildman–Crippen MR) is 82.9 cm³/mol. The van der Waals surface area contributed by atoms with Crippen molar-refractivity contribution in [3.63, 3.8) is 0 Å². The molecule has 2 rings (SSSR count). The van der Waals surface area contributed by atoms with Gasteiger partial charge in [0.15, 0.2) is 0 Å². The number of hydrazone groups is 1. The van der Waals surface area contributed by atoms with E-state index < -0.39 is 0 Å². The van der Waals surface area contributed by atoms with E-state index >= 15 is 0 Å². The van der Waals surface area contributed by atoms with Crippen LogP contribution in [0.15, 0.2) is 35.4 Å².